The Morgan fingerprint density at radius 2 is 1.57 bits per heavy atom. The predicted octanol–water partition coefficient (Wildman–Crippen LogP) is 6.05. The molecule has 0 saturated carbocycles. The number of nitrogens with one attached hydrogen (secondary N) is 1. The molecule has 6 rings (SSSR count). The molecule has 0 spiro atoms. The lowest BCUT2D eigenvalue weighted by Gasteiger charge is -2.23. The third-order valence-electron chi connectivity index (χ3n) is 6.46. The number of Topliss-reactive ketones (excluding diaryl/α,β-unsaturated/α-hetero) is 1. The summed E-state index contributed by atoms with van der Waals surface area (Å²) in [6.45, 7) is 2.06. The second-order valence-corrected chi connectivity index (χ2v) is 8.90. The molecule has 3 aromatic carbocycles. The third-order valence-corrected chi connectivity index (χ3v) is 6.46. The topological polar surface area (TPSA) is 80.7 Å². The number of carbonyl (C=O) groups excluding carboxylic acids is 1. The van der Waals surface area contributed by atoms with Gasteiger partial charge < -0.3 is 0 Å². The van der Waals surface area contributed by atoms with E-state index in [0.717, 1.165) is 33.4 Å². The van der Waals surface area contributed by atoms with Gasteiger partial charge in [0.2, 0.25) is 11.9 Å². The minimum Gasteiger partial charge on any atom is -0.294 e. The minimum absolute atomic E-state index is 0.0803. The number of anilines is 2. The first kappa shape index (κ1) is 21.1. The van der Waals surface area contributed by atoms with Crippen LogP contribution in [0.3, 0.4) is 0 Å². The largest absolute Gasteiger partial charge is 0.294 e. The van der Waals surface area contributed by atoms with Crippen LogP contribution in [0, 0.1) is 6.92 Å². The van der Waals surface area contributed by atoms with Crippen molar-refractivity contribution >= 4 is 28.6 Å². The second-order valence-electron chi connectivity index (χ2n) is 8.90. The molecule has 2 heterocycles. The molecule has 1 aliphatic rings. The van der Waals surface area contributed by atoms with Crippen molar-refractivity contribution in [3.63, 3.8) is 0 Å². The molecular weight excluding hydrogens is 434 g/mol. The number of hydrogen-bond acceptors (Lipinski definition) is 6. The molecule has 35 heavy (non-hydrogen) atoms. The van der Waals surface area contributed by atoms with Crippen LogP contribution in [0.25, 0.3) is 22.2 Å². The molecule has 1 aliphatic carbocycles. The number of rotatable bonds is 4. The first-order valence-corrected chi connectivity index (χ1v) is 11.7. The predicted molar refractivity (Wildman–Crippen MR) is 137 cm³/mol. The van der Waals surface area contributed by atoms with Crippen LogP contribution in [0.4, 0.5) is 11.9 Å². The number of fused-ring (bicyclic) bond motifs is 2. The van der Waals surface area contributed by atoms with E-state index in [4.69, 9.17) is 9.97 Å². The molecule has 5 aromatic rings. The van der Waals surface area contributed by atoms with E-state index in [2.05, 4.69) is 46.5 Å². The van der Waals surface area contributed by atoms with Gasteiger partial charge in [0.25, 0.3) is 0 Å². The van der Waals surface area contributed by atoms with Gasteiger partial charge in [-0.3, -0.25) is 10.1 Å². The average Bonchev–Trinajstić information content (AvgIpc) is 2.89. The van der Waals surface area contributed by atoms with Gasteiger partial charge >= 0.3 is 0 Å². The Bertz CT molecular complexity index is 1550. The summed E-state index contributed by atoms with van der Waals surface area (Å²) in [7, 11) is 0. The molecule has 0 bridgehead atoms. The summed E-state index contributed by atoms with van der Waals surface area (Å²) < 4.78 is 0. The highest BCUT2D eigenvalue weighted by molar-refractivity contribution is 5.98. The van der Waals surface area contributed by atoms with E-state index in [1.807, 2.05) is 54.6 Å². The molecule has 6 nitrogen and oxygen atoms in total. The van der Waals surface area contributed by atoms with Crippen molar-refractivity contribution in [1.29, 1.82) is 0 Å². The van der Waals surface area contributed by atoms with Crippen LogP contribution in [0.15, 0.2) is 85.1 Å². The maximum absolute atomic E-state index is 12.8. The molecule has 1 atom stereocenters. The van der Waals surface area contributed by atoms with Crippen LogP contribution in [0.1, 0.15) is 39.5 Å². The summed E-state index contributed by atoms with van der Waals surface area (Å²) in [5.74, 6) is 0.992. The van der Waals surface area contributed by atoms with E-state index in [-0.39, 0.29) is 11.7 Å². The van der Waals surface area contributed by atoms with Gasteiger partial charge in [0.1, 0.15) is 0 Å². The normalized spacial score (nSPS) is 15.1. The fourth-order valence-electron chi connectivity index (χ4n) is 4.63. The molecule has 2 aromatic heterocycles. The van der Waals surface area contributed by atoms with E-state index in [9.17, 15) is 4.79 Å². The number of ketones is 1. The van der Waals surface area contributed by atoms with Crippen molar-refractivity contribution in [1.82, 2.24) is 19.9 Å². The van der Waals surface area contributed by atoms with Crippen molar-refractivity contribution in [3.05, 3.63) is 107 Å². The smallest absolute Gasteiger partial charge is 0.230 e. The number of nitrogens with zero attached hydrogens (tertiary/aromatic N) is 4. The third kappa shape index (κ3) is 4.15. The molecule has 0 saturated heterocycles. The zero-order valence-electron chi connectivity index (χ0n) is 19.3. The highest BCUT2D eigenvalue weighted by Gasteiger charge is 2.28. The van der Waals surface area contributed by atoms with Crippen LogP contribution < -0.4 is 5.32 Å². The van der Waals surface area contributed by atoms with Gasteiger partial charge in [0.15, 0.2) is 5.78 Å². The second kappa shape index (κ2) is 8.72. The Balaban J connectivity index is 1.34. The zero-order valence-corrected chi connectivity index (χ0v) is 19.3. The van der Waals surface area contributed by atoms with Crippen LogP contribution >= 0.6 is 0 Å². The summed E-state index contributed by atoms with van der Waals surface area (Å²) >= 11 is 0. The van der Waals surface area contributed by atoms with E-state index in [1.54, 1.807) is 6.20 Å². The highest BCUT2D eigenvalue weighted by atomic mass is 16.1. The summed E-state index contributed by atoms with van der Waals surface area (Å²) in [6, 6.07) is 26.3. The number of benzene rings is 3. The van der Waals surface area contributed by atoms with Crippen molar-refractivity contribution in [2.45, 2.75) is 25.7 Å². The Morgan fingerprint density at radius 3 is 2.40 bits per heavy atom. The Hall–Kier alpha value is -4.45. The average molecular weight is 458 g/mol. The van der Waals surface area contributed by atoms with Crippen molar-refractivity contribution in [2.75, 3.05) is 5.32 Å². The minimum atomic E-state index is 0.0803. The molecule has 0 aliphatic heterocycles. The maximum Gasteiger partial charge on any atom is 0.230 e. The first-order valence-electron chi connectivity index (χ1n) is 11.7. The van der Waals surface area contributed by atoms with Crippen LogP contribution in [0.5, 0.6) is 0 Å². The van der Waals surface area contributed by atoms with Crippen molar-refractivity contribution in [3.8, 4) is 11.3 Å². The summed E-state index contributed by atoms with van der Waals surface area (Å²) in [4.78, 5) is 31.4. The summed E-state index contributed by atoms with van der Waals surface area (Å²) in [5.41, 5.74) is 6.40. The zero-order chi connectivity index (χ0) is 23.8. The molecule has 0 radical (unpaired) electrons. The van der Waals surface area contributed by atoms with Gasteiger partial charge in [-0.2, -0.15) is 0 Å². The SMILES string of the molecule is Cc1ccc(C2CC(=O)c3cnc(Nc4nc(-c5ccccc5)c5ccccc5n4)nc3C2)cc1. The van der Waals surface area contributed by atoms with E-state index < -0.39 is 0 Å². The number of aryl methyl sites for hydroxylation is 1. The molecule has 170 valence electrons. The van der Waals surface area contributed by atoms with Crippen molar-refractivity contribution in [2.24, 2.45) is 0 Å². The highest BCUT2D eigenvalue weighted by Crippen LogP contribution is 2.33. The van der Waals surface area contributed by atoms with Gasteiger partial charge in [-0.25, -0.2) is 19.9 Å². The van der Waals surface area contributed by atoms with E-state index >= 15 is 0 Å². The maximum atomic E-state index is 12.8. The van der Waals surface area contributed by atoms with Gasteiger partial charge in [-0.15, -0.1) is 0 Å². The lowest BCUT2D eigenvalue weighted by molar-refractivity contribution is 0.0962. The lowest BCUT2D eigenvalue weighted by Crippen LogP contribution is -2.21. The van der Waals surface area contributed by atoms with Crippen molar-refractivity contribution < 1.29 is 4.79 Å². The summed E-state index contributed by atoms with van der Waals surface area (Å²) in [6.07, 6.45) is 2.78. The standard InChI is InChI=1S/C29H23N5O/c1-18-11-13-19(14-12-18)21-15-25-23(26(35)16-21)17-30-28(32-25)34-29-31-24-10-6-5-9-22(24)27(33-29)20-7-3-2-4-8-20/h2-14,17,21H,15-16H2,1H3,(H,30,31,32,33,34). The number of hydrogen-bond donors (Lipinski definition) is 1. The van der Waals surface area contributed by atoms with Crippen LogP contribution in [-0.2, 0) is 6.42 Å². The van der Waals surface area contributed by atoms with E-state index in [1.165, 1.54) is 5.56 Å². The lowest BCUT2D eigenvalue weighted by atomic mass is 9.82. The Labute approximate surface area is 203 Å². The molecule has 0 fully saturated rings. The Kier molecular flexibility index (Phi) is 5.26. The Morgan fingerprint density at radius 1 is 0.800 bits per heavy atom. The number of para-hydroxylation sites is 1. The van der Waals surface area contributed by atoms with Gasteiger partial charge in [-0.1, -0.05) is 78.4 Å². The quantitative estimate of drug-likeness (QED) is 0.354. The van der Waals surface area contributed by atoms with E-state index in [0.29, 0.717) is 30.3 Å². The van der Waals surface area contributed by atoms with Gasteiger partial charge in [0.05, 0.1) is 22.5 Å². The molecule has 0 amide bonds. The molecule has 1 unspecified atom stereocenters. The summed E-state index contributed by atoms with van der Waals surface area (Å²) in [5, 5.41) is 4.15. The van der Waals surface area contributed by atoms with Gasteiger partial charge in [-0.05, 0) is 30.9 Å². The molecule has 6 heteroatoms. The molecular formula is C29H23N5O. The van der Waals surface area contributed by atoms with Crippen LogP contribution in [-0.4, -0.2) is 25.7 Å². The number of carbonyl (C=O) groups is 1. The fraction of sp³-hybridized carbons (Fsp3) is 0.138. The first-order chi connectivity index (χ1) is 17.1. The fourth-order valence-corrected chi connectivity index (χ4v) is 4.63. The van der Waals surface area contributed by atoms with Gasteiger partial charge in [0, 0.05) is 23.6 Å². The number of aromatic nitrogens is 4. The van der Waals surface area contributed by atoms with Crippen LogP contribution in [0.2, 0.25) is 0 Å². The monoisotopic (exact) mass is 457 g/mol. The molecule has 1 N–H and O–H groups in total.